The fraction of sp³-hybridized carbons (Fsp3) is 0.750. The Kier molecular flexibility index (Phi) is 4.21. The number of hydrogen-bond donors (Lipinski definition) is 0. The quantitative estimate of drug-likeness (QED) is 0.238. The van der Waals surface area contributed by atoms with Gasteiger partial charge in [-0.05, 0) is 33.6 Å². The minimum atomic E-state index is -0.484. The van der Waals surface area contributed by atoms with Crippen LogP contribution in [0.4, 0.5) is 0 Å². The first-order valence-corrected chi connectivity index (χ1v) is 5.75. The molecule has 0 bridgehead atoms. The van der Waals surface area contributed by atoms with Crippen molar-refractivity contribution < 1.29 is 19.3 Å². The maximum atomic E-state index is 11.8. The van der Waals surface area contributed by atoms with E-state index in [1.54, 1.807) is 0 Å². The first-order valence-electron chi connectivity index (χ1n) is 5.75. The Morgan fingerprint density at radius 2 is 1.88 bits per heavy atom. The van der Waals surface area contributed by atoms with Crippen molar-refractivity contribution in [3.63, 3.8) is 0 Å². The van der Waals surface area contributed by atoms with Crippen LogP contribution in [0.3, 0.4) is 0 Å². The molecular weight excluding hydrogens is 208 g/mol. The molecule has 0 aromatic heterocycles. The molecule has 1 aliphatic heterocycles. The summed E-state index contributed by atoms with van der Waals surface area (Å²) in [4.78, 5) is 21.0. The van der Waals surface area contributed by atoms with Crippen LogP contribution in [0.15, 0.2) is 11.5 Å². The fourth-order valence-electron chi connectivity index (χ4n) is 1.30. The van der Waals surface area contributed by atoms with Crippen LogP contribution < -0.4 is 0 Å². The van der Waals surface area contributed by atoms with Crippen molar-refractivity contribution in [1.29, 1.82) is 0 Å². The second kappa shape index (κ2) is 5.23. The summed E-state index contributed by atoms with van der Waals surface area (Å²) in [6.45, 7) is 7.64. The third-order valence-corrected chi connectivity index (χ3v) is 2.09. The highest BCUT2D eigenvalue weighted by Gasteiger charge is 2.32. The highest BCUT2D eigenvalue weighted by atomic mass is 17.4. The number of ether oxygens (including phenoxy) is 1. The van der Waals surface area contributed by atoms with E-state index in [1.165, 1.54) is 0 Å². The normalized spacial score (nSPS) is 13.9. The molecule has 1 rings (SSSR count). The van der Waals surface area contributed by atoms with Crippen molar-refractivity contribution >= 4 is 5.97 Å². The van der Waals surface area contributed by atoms with E-state index in [1.807, 2.05) is 20.8 Å². The van der Waals surface area contributed by atoms with Crippen molar-refractivity contribution in [2.75, 3.05) is 0 Å². The Labute approximate surface area is 96.5 Å². The second-order valence-corrected chi connectivity index (χ2v) is 4.89. The first kappa shape index (κ1) is 12.9. The molecule has 1 fully saturated rings. The monoisotopic (exact) mass is 228 g/mol. The van der Waals surface area contributed by atoms with Gasteiger partial charge in [-0.1, -0.05) is 19.8 Å². The van der Waals surface area contributed by atoms with Gasteiger partial charge in [0.1, 0.15) is 11.2 Å². The Hall–Kier alpha value is -1.19. The minimum absolute atomic E-state index is 0.324. The molecule has 0 N–H and O–H groups in total. The van der Waals surface area contributed by atoms with Crippen LogP contribution in [-0.2, 0) is 19.3 Å². The van der Waals surface area contributed by atoms with Crippen molar-refractivity contribution in [2.24, 2.45) is 0 Å². The van der Waals surface area contributed by atoms with E-state index in [9.17, 15) is 4.79 Å². The average molecular weight is 228 g/mol. The van der Waals surface area contributed by atoms with Gasteiger partial charge in [0.05, 0.1) is 0 Å². The van der Waals surface area contributed by atoms with Gasteiger partial charge in [-0.15, -0.1) is 0 Å². The van der Waals surface area contributed by atoms with Crippen molar-refractivity contribution in [2.45, 2.75) is 59.0 Å². The van der Waals surface area contributed by atoms with E-state index in [0.29, 0.717) is 17.9 Å². The van der Waals surface area contributed by atoms with Gasteiger partial charge >= 0.3 is 11.9 Å². The summed E-state index contributed by atoms with van der Waals surface area (Å²) in [5.74, 6) is -0.0125. The van der Waals surface area contributed by atoms with Crippen LogP contribution >= 0.6 is 0 Å². The molecule has 0 saturated carbocycles. The lowest BCUT2D eigenvalue weighted by atomic mass is 10.1. The van der Waals surface area contributed by atoms with Crippen molar-refractivity contribution in [3.05, 3.63) is 11.5 Å². The molecule has 0 radical (unpaired) electrons. The smallest absolute Gasteiger partial charge is 0.389 e. The van der Waals surface area contributed by atoms with Gasteiger partial charge in [0.25, 0.3) is 0 Å². The Balaban J connectivity index is 2.52. The van der Waals surface area contributed by atoms with Gasteiger partial charge in [-0.2, -0.15) is 0 Å². The van der Waals surface area contributed by atoms with Gasteiger partial charge in [0, 0.05) is 0 Å². The molecule has 4 nitrogen and oxygen atoms in total. The predicted octanol–water partition coefficient (Wildman–Crippen LogP) is 3.08. The molecule has 92 valence electrons. The van der Waals surface area contributed by atoms with Gasteiger partial charge in [-0.25, -0.2) is 14.6 Å². The zero-order valence-corrected chi connectivity index (χ0v) is 10.5. The van der Waals surface area contributed by atoms with Crippen LogP contribution in [0, 0.1) is 0 Å². The van der Waals surface area contributed by atoms with E-state index in [4.69, 9.17) is 4.74 Å². The number of unbranched alkanes of at least 4 members (excludes halogenated alkanes) is 2. The zero-order valence-electron chi connectivity index (χ0n) is 10.5. The number of esters is 1. The van der Waals surface area contributed by atoms with Crippen molar-refractivity contribution in [3.8, 4) is 0 Å². The largest absolute Gasteiger partial charge is 0.456 e. The molecule has 1 aliphatic rings. The Morgan fingerprint density at radius 3 is 2.31 bits per heavy atom. The summed E-state index contributed by atoms with van der Waals surface area (Å²) in [5.41, 5.74) is 0.0334. The topological polar surface area (TPSA) is 51.4 Å². The molecule has 0 unspecified atom stereocenters. The van der Waals surface area contributed by atoms with E-state index in [2.05, 4.69) is 16.7 Å². The summed E-state index contributed by atoms with van der Waals surface area (Å²) in [5, 5.41) is 0. The first-order chi connectivity index (χ1) is 7.44. The molecule has 1 saturated heterocycles. The van der Waals surface area contributed by atoms with E-state index >= 15 is 0 Å². The summed E-state index contributed by atoms with van der Waals surface area (Å²) >= 11 is 0. The van der Waals surface area contributed by atoms with Crippen molar-refractivity contribution in [1.82, 2.24) is 0 Å². The molecule has 16 heavy (non-hydrogen) atoms. The average Bonchev–Trinajstić information content (AvgIpc) is 2.92. The third kappa shape index (κ3) is 4.55. The molecule has 0 aromatic carbocycles. The highest BCUT2D eigenvalue weighted by molar-refractivity contribution is 5.89. The summed E-state index contributed by atoms with van der Waals surface area (Å²) < 4.78 is 5.28. The number of hydrogen-bond acceptors (Lipinski definition) is 4. The van der Waals surface area contributed by atoms with Gasteiger partial charge in [0.2, 0.25) is 0 Å². The molecule has 4 heteroatoms. The molecule has 0 atom stereocenters. The van der Waals surface area contributed by atoms with Crippen LogP contribution in [0.25, 0.3) is 0 Å². The van der Waals surface area contributed by atoms with Crippen LogP contribution in [0.2, 0.25) is 0 Å². The molecule has 0 amide bonds. The lowest BCUT2D eigenvalue weighted by molar-refractivity contribution is -0.150. The Morgan fingerprint density at radius 1 is 1.25 bits per heavy atom. The maximum Gasteiger partial charge on any atom is 0.389 e. The van der Waals surface area contributed by atoms with Gasteiger partial charge in [-0.3, -0.25) is 0 Å². The molecule has 1 heterocycles. The fourth-order valence-corrected chi connectivity index (χ4v) is 1.30. The zero-order chi connectivity index (χ0) is 12.2. The Bertz CT molecular complexity index is 280. The number of carbonyl (C=O) groups excluding carboxylic acids is 1. The van der Waals surface area contributed by atoms with Gasteiger partial charge in [0.15, 0.2) is 0 Å². The summed E-state index contributed by atoms with van der Waals surface area (Å²) in [7, 11) is 0. The SMILES string of the molecule is CCCCCC(C(=O)OC(C)(C)C)=C1OO1. The van der Waals surface area contributed by atoms with Gasteiger partial charge < -0.3 is 4.74 Å². The minimum Gasteiger partial charge on any atom is -0.456 e. The lowest BCUT2D eigenvalue weighted by Gasteiger charge is -2.19. The van der Waals surface area contributed by atoms with E-state index in [-0.39, 0.29) is 5.97 Å². The van der Waals surface area contributed by atoms with E-state index in [0.717, 1.165) is 19.3 Å². The molecule has 0 spiro atoms. The summed E-state index contributed by atoms with van der Waals surface area (Å²) in [6, 6.07) is 0. The molecule has 0 aromatic rings. The predicted molar refractivity (Wildman–Crippen MR) is 59.2 cm³/mol. The number of carbonyl (C=O) groups is 1. The molecular formula is C12H20O4. The third-order valence-electron chi connectivity index (χ3n) is 2.09. The maximum absolute atomic E-state index is 11.8. The second-order valence-electron chi connectivity index (χ2n) is 4.89. The highest BCUT2D eigenvalue weighted by Crippen LogP contribution is 2.28. The molecule has 0 aliphatic carbocycles. The lowest BCUT2D eigenvalue weighted by Crippen LogP contribution is -2.25. The summed E-state index contributed by atoms with van der Waals surface area (Å²) in [6.07, 6.45) is 3.79. The standard InChI is InChI=1S/C12H20O4/c1-5-6-7-8-9(11-15-16-11)10(13)14-12(2,3)4/h5-8H2,1-4H3. The van der Waals surface area contributed by atoms with Crippen LogP contribution in [0.5, 0.6) is 0 Å². The van der Waals surface area contributed by atoms with E-state index < -0.39 is 5.60 Å². The van der Waals surface area contributed by atoms with Crippen LogP contribution in [-0.4, -0.2) is 11.6 Å². The van der Waals surface area contributed by atoms with Crippen LogP contribution in [0.1, 0.15) is 53.4 Å². The number of rotatable bonds is 5.